The summed E-state index contributed by atoms with van der Waals surface area (Å²) in [7, 11) is 0. The summed E-state index contributed by atoms with van der Waals surface area (Å²) in [6.07, 6.45) is 7.57. The van der Waals surface area contributed by atoms with Gasteiger partial charge >= 0.3 is 0 Å². The molecule has 0 radical (unpaired) electrons. The molecule has 1 aliphatic rings. The Morgan fingerprint density at radius 1 is 1.46 bits per heavy atom. The highest BCUT2D eigenvalue weighted by Crippen LogP contribution is 2.22. The molecule has 0 saturated carbocycles. The highest BCUT2D eigenvalue weighted by Gasteiger charge is 2.16. The fraction of sp³-hybridized carbons (Fsp3) is 0.333. The largest absolute Gasteiger partial charge is 0.501 e. The highest BCUT2D eigenvalue weighted by atomic mass is 16.5. The van der Waals surface area contributed by atoms with Gasteiger partial charge in [-0.05, 0) is 5.57 Å². The van der Waals surface area contributed by atoms with Crippen LogP contribution >= 0.6 is 0 Å². The number of hydrogen-bond acceptors (Lipinski definition) is 4. The maximum Gasteiger partial charge on any atom is 0.0912 e. The van der Waals surface area contributed by atoms with Crippen LogP contribution in [-0.4, -0.2) is 16.6 Å². The number of hydrogen-bond donors (Lipinski definition) is 1. The third-order valence-corrected chi connectivity index (χ3v) is 2.04. The molecule has 1 atom stereocenters. The van der Waals surface area contributed by atoms with Crippen molar-refractivity contribution in [3.8, 4) is 0 Å². The van der Waals surface area contributed by atoms with Gasteiger partial charge in [-0.15, -0.1) is 0 Å². The van der Waals surface area contributed by atoms with Crippen LogP contribution in [0.1, 0.15) is 18.2 Å². The van der Waals surface area contributed by atoms with Crippen molar-refractivity contribution in [2.45, 2.75) is 12.5 Å². The van der Waals surface area contributed by atoms with Gasteiger partial charge in [0, 0.05) is 18.8 Å². The Hall–Kier alpha value is -1.42. The molecular formula is C9H11N3O. The zero-order chi connectivity index (χ0) is 9.10. The van der Waals surface area contributed by atoms with Gasteiger partial charge in [0.05, 0.1) is 30.8 Å². The maximum absolute atomic E-state index is 5.95. The van der Waals surface area contributed by atoms with Crippen LogP contribution in [0.5, 0.6) is 0 Å². The molecule has 2 rings (SSSR count). The molecule has 1 aliphatic heterocycles. The lowest BCUT2D eigenvalue weighted by atomic mass is 10.1. The Labute approximate surface area is 76.5 Å². The lowest BCUT2D eigenvalue weighted by molar-refractivity contribution is 0.281. The fourth-order valence-corrected chi connectivity index (χ4v) is 1.29. The summed E-state index contributed by atoms with van der Waals surface area (Å²) in [6.45, 7) is 0.725. The number of aromatic nitrogens is 2. The molecule has 1 aromatic heterocycles. The van der Waals surface area contributed by atoms with Crippen molar-refractivity contribution >= 4 is 0 Å². The fourth-order valence-electron chi connectivity index (χ4n) is 1.29. The monoisotopic (exact) mass is 177 g/mol. The molecular weight excluding hydrogens is 166 g/mol. The second-order valence-corrected chi connectivity index (χ2v) is 2.92. The van der Waals surface area contributed by atoms with E-state index in [4.69, 9.17) is 10.5 Å². The third kappa shape index (κ3) is 1.67. The van der Waals surface area contributed by atoms with E-state index in [-0.39, 0.29) is 6.04 Å². The highest BCUT2D eigenvalue weighted by molar-refractivity contribution is 5.19. The van der Waals surface area contributed by atoms with Gasteiger partial charge in [-0.25, -0.2) is 0 Å². The predicted molar refractivity (Wildman–Crippen MR) is 47.6 cm³/mol. The van der Waals surface area contributed by atoms with Crippen molar-refractivity contribution < 1.29 is 4.74 Å². The number of ether oxygens (including phenoxy) is 1. The average Bonchev–Trinajstić information content (AvgIpc) is 2.71. The number of nitrogens with two attached hydrogens (primary N) is 1. The van der Waals surface area contributed by atoms with Crippen molar-refractivity contribution in [2.75, 3.05) is 6.61 Å². The van der Waals surface area contributed by atoms with Gasteiger partial charge in [0.25, 0.3) is 0 Å². The van der Waals surface area contributed by atoms with E-state index in [1.54, 1.807) is 24.9 Å². The van der Waals surface area contributed by atoms with E-state index in [0.717, 1.165) is 24.3 Å². The van der Waals surface area contributed by atoms with Crippen LogP contribution in [0.3, 0.4) is 0 Å². The zero-order valence-electron chi connectivity index (χ0n) is 7.18. The number of nitrogens with zero attached hydrogens (tertiary/aromatic N) is 2. The van der Waals surface area contributed by atoms with E-state index in [1.807, 2.05) is 0 Å². The molecule has 0 bridgehead atoms. The molecule has 1 aromatic rings. The Balaban J connectivity index is 2.17. The molecule has 0 spiro atoms. The first-order chi connectivity index (χ1) is 6.38. The van der Waals surface area contributed by atoms with Gasteiger partial charge in [-0.3, -0.25) is 9.97 Å². The van der Waals surface area contributed by atoms with Crippen LogP contribution in [-0.2, 0) is 4.74 Å². The normalized spacial score (nSPS) is 17.8. The molecule has 0 aliphatic carbocycles. The maximum atomic E-state index is 5.95. The average molecular weight is 177 g/mol. The minimum Gasteiger partial charge on any atom is -0.501 e. The van der Waals surface area contributed by atoms with Gasteiger partial charge in [0.2, 0.25) is 0 Å². The third-order valence-electron chi connectivity index (χ3n) is 2.04. The molecule has 68 valence electrons. The van der Waals surface area contributed by atoms with Gasteiger partial charge < -0.3 is 10.5 Å². The van der Waals surface area contributed by atoms with Gasteiger partial charge in [0.1, 0.15) is 0 Å². The van der Waals surface area contributed by atoms with E-state index in [0.29, 0.717) is 0 Å². The topological polar surface area (TPSA) is 61.0 Å². The molecule has 4 nitrogen and oxygen atoms in total. The van der Waals surface area contributed by atoms with Crippen LogP contribution in [0.2, 0.25) is 0 Å². The molecule has 0 saturated heterocycles. The van der Waals surface area contributed by atoms with Gasteiger partial charge in [-0.1, -0.05) is 0 Å². The first-order valence-electron chi connectivity index (χ1n) is 4.20. The van der Waals surface area contributed by atoms with Crippen LogP contribution in [0, 0.1) is 0 Å². The van der Waals surface area contributed by atoms with E-state index in [2.05, 4.69) is 9.97 Å². The first kappa shape index (κ1) is 8.19. The molecule has 4 heteroatoms. The summed E-state index contributed by atoms with van der Waals surface area (Å²) in [6, 6.07) is -0.170. The van der Waals surface area contributed by atoms with Crippen LogP contribution in [0.4, 0.5) is 0 Å². The van der Waals surface area contributed by atoms with Gasteiger partial charge in [-0.2, -0.15) is 0 Å². The zero-order valence-corrected chi connectivity index (χ0v) is 7.18. The summed E-state index contributed by atoms with van der Waals surface area (Å²) in [5.41, 5.74) is 7.82. The lowest BCUT2D eigenvalue weighted by Crippen LogP contribution is -2.14. The second-order valence-electron chi connectivity index (χ2n) is 2.92. The summed E-state index contributed by atoms with van der Waals surface area (Å²) >= 11 is 0. The Bertz CT molecular complexity index is 310. The second kappa shape index (κ2) is 3.53. The minimum atomic E-state index is -0.170. The van der Waals surface area contributed by atoms with Crippen molar-refractivity contribution in [1.82, 2.24) is 9.97 Å². The number of rotatable bonds is 2. The Morgan fingerprint density at radius 2 is 2.38 bits per heavy atom. The van der Waals surface area contributed by atoms with Crippen LogP contribution in [0.15, 0.2) is 30.4 Å². The van der Waals surface area contributed by atoms with Crippen LogP contribution in [0.25, 0.3) is 0 Å². The van der Waals surface area contributed by atoms with Gasteiger partial charge in [0.15, 0.2) is 0 Å². The first-order valence-corrected chi connectivity index (χ1v) is 4.20. The van der Waals surface area contributed by atoms with Crippen LogP contribution < -0.4 is 5.73 Å². The summed E-state index contributed by atoms with van der Waals surface area (Å²) in [5, 5.41) is 0. The summed E-state index contributed by atoms with van der Waals surface area (Å²) in [4.78, 5) is 8.11. The molecule has 0 amide bonds. The van der Waals surface area contributed by atoms with Crippen molar-refractivity contribution in [1.29, 1.82) is 0 Å². The molecule has 1 unspecified atom stereocenters. The van der Waals surface area contributed by atoms with E-state index in [1.165, 1.54) is 0 Å². The summed E-state index contributed by atoms with van der Waals surface area (Å²) in [5.74, 6) is 0. The van der Waals surface area contributed by atoms with E-state index >= 15 is 0 Å². The molecule has 0 aromatic carbocycles. The Kier molecular flexibility index (Phi) is 2.23. The molecule has 2 heterocycles. The minimum absolute atomic E-state index is 0.170. The Morgan fingerprint density at radius 3 is 3.00 bits per heavy atom. The quantitative estimate of drug-likeness (QED) is 0.725. The molecule has 2 N–H and O–H groups in total. The van der Waals surface area contributed by atoms with E-state index in [9.17, 15) is 0 Å². The molecule has 0 fully saturated rings. The van der Waals surface area contributed by atoms with E-state index < -0.39 is 0 Å². The molecule has 13 heavy (non-hydrogen) atoms. The SMILES string of the molecule is NC(C1=COCC1)c1cnccn1. The standard InChI is InChI=1S/C9H11N3O/c10-9(7-1-4-13-6-7)8-5-11-2-3-12-8/h2-3,5-6,9H,1,4,10H2. The smallest absolute Gasteiger partial charge is 0.0912 e. The van der Waals surface area contributed by atoms with Crippen molar-refractivity contribution in [3.05, 3.63) is 36.1 Å². The predicted octanol–water partition coefficient (Wildman–Crippen LogP) is 0.781. The summed E-state index contributed by atoms with van der Waals surface area (Å²) < 4.78 is 5.11. The van der Waals surface area contributed by atoms with Crippen molar-refractivity contribution in [3.63, 3.8) is 0 Å². The lowest BCUT2D eigenvalue weighted by Gasteiger charge is -2.09. The van der Waals surface area contributed by atoms with Crippen molar-refractivity contribution in [2.24, 2.45) is 5.73 Å².